The number of carbonyl (C=O) groups excluding carboxylic acids is 4. The van der Waals surface area contributed by atoms with Crippen molar-refractivity contribution in [3.8, 4) is 22.8 Å². The lowest BCUT2D eigenvalue weighted by Gasteiger charge is -2.36. The molecule has 302 valence electrons. The highest BCUT2D eigenvalue weighted by Crippen LogP contribution is 2.45. The van der Waals surface area contributed by atoms with E-state index >= 15 is 0 Å². The summed E-state index contributed by atoms with van der Waals surface area (Å²) in [5, 5.41) is 5.28. The Kier molecular flexibility index (Phi) is 11.8. The van der Waals surface area contributed by atoms with Gasteiger partial charge >= 0.3 is 6.09 Å². The zero-order valence-electron chi connectivity index (χ0n) is 33.5. The smallest absolute Gasteiger partial charge is 0.408 e. The summed E-state index contributed by atoms with van der Waals surface area (Å²) in [5.74, 6) is -1.65. The van der Waals surface area contributed by atoms with Crippen LogP contribution in [0.3, 0.4) is 0 Å². The van der Waals surface area contributed by atoms with Gasteiger partial charge in [0, 0.05) is 35.4 Å². The SMILES string of the molecule is C=CC1CC1(NC(=O)C1CC(Oc2cc(-c3ccccc3)nc3cc(OC)ccc23)CN1C(=O)C(NC(=O)OC(C)(C)C)C(C)(C)C)C(=O)NS(=O)(=O)C(C)C. The molecule has 3 aromatic rings. The first-order valence-corrected chi connectivity index (χ1v) is 20.1. The van der Waals surface area contributed by atoms with Gasteiger partial charge in [-0.05, 0) is 58.6 Å². The van der Waals surface area contributed by atoms with E-state index in [2.05, 4.69) is 21.9 Å². The van der Waals surface area contributed by atoms with E-state index in [4.69, 9.17) is 19.2 Å². The summed E-state index contributed by atoms with van der Waals surface area (Å²) in [6.45, 7) is 17.0. The maximum absolute atomic E-state index is 14.6. The van der Waals surface area contributed by atoms with Crippen molar-refractivity contribution < 1.29 is 41.8 Å². The number of likely N-dealkylation sites (tertiary alicyclic amines) is 1. The molecule has 14 nitrogen and oxygen atoms in total. The quantitative estimate of drug-likeness (QED) is 0.209. The third kappa shape index (κ3) is 9.26. The summed E-state index contributed by atoms with van der Waals surface area (Å²) in [6.07, 6.45) is 0.0531. The molecule has 0 bridgehead atoms. The van der Waals surface area contributed by atoms with E-state index in [-0.39, 0.29) is 19.4 Å². The number of sulfonamides is 1. The molecule has 5 unspecified atom stereocenters. The number of alkyl carbamates (subject to hydrolysis) is 1. The van der Waals surface area contributed by atoms with Gasteiger partial charge in [0.05, 0.1) is 30.1 Å². The monoisotopic (exact) mass is 791 g/mol. The van der Waals surface area contributed by atoms with Crippen LogP contribution < -0.4 is 24.8 Å². The first-order valence-electron chi connectivity index (χ1n) is 18.6. The highest BCUT2D eigenvalue weighted by Gasteiger charge is 2.61. The Balaban J connectivity index is 1.53. The fourth-order valence-electron chi connectivity index (χ4n) is 6.63. The number of hydrogen-bond acceptors (Lipinski definition) is 10. The van der Waals surface area contributed by atoms with Gasteiger partial charge in [-0.3, -0.25) is 19.1 Å². The van der Waals surface area contributed by atoms with Gasteiger partial charge < -0.3 is 29.7 Å². The largest absolute Gasteiger partial charge is 0.497 e. The molecule has 56 heavy (non-hydrogen) atoms. The fraction of sp³-hybridized carbons (Fsp3) is 0.488. The van der Waals surface area contributed by atoms with E-state index in [1.54, 1.807) is 66.9 Å². The van der Waals surface area contributed by atoms with Gasteiger partial charge in [-0.15, -0.1) is 6.58 Å². The Labute approximate surface area is 328 Å². The number of nitrogens with zero attached hydrogens (tertiary/aromatic N) is 2. The molecule has 0 spiro atoms. The summed E-state index contributed by atoms with van der Waals surface area (Å²) in [4.78, 5) is 61.9. The minimum Gasteiger partial charge on any atom is -0.497 e. The Hall–Kier alpha value is -5.18. The van der Waals surface area contributed by atoms with Crippen molar-refractivity contribution in [3.05, 3.63) is 67.3 Å². The van der Waals surface area contributed by atoms with Gasteiger partial charge in [-0.25, -0.2) is 18.2 Å². The van der Waals surface area contributed by atoms with E-state index in [0.717, 1.165) is 5.56 Å². The van der Waals surface area contributed by atoms with Crippen LogP contribution in [-0.2, 0) is 29.1 Å². The van der Waals surface area contributed by atoms with Gasteiger partial charge in [-0.2, -0.15) is 0 Å². The first-order chi connectivity index (χ1) is 26.1. The highest BCUT2D eigenvalue weighted by atomic mass is 32.2. The number of hydrogen-bond donors (Lipinski definition) is 3. The Morgan fingerprint density at radius 2 is 1.70 bits per heavy atom. The molecule has 2 aliphatic rings. The molecule has 1 saturated heterocycles. The molecule has 1 aromatic heterocycles. The lowest BCUT2D eigenvalue weighted by atomic mass is 9.85. The van der Waals surface area contributed by atoms with E-state index in [0.29, 0.717) is 28.1 Å². The number of rotatable bonds is 12. The summed E-state index contributed by atoms with van der Waals surface area (Å²) in [6, 6.07) is 14.4. The molecule has 5 atom stereocenters. The average molecular weight is 792 g/mol. The second kappa shape index (κ2) is 15.8. The summed E-state index contributed by atoms with van der Waals surface area (Å²) in [5.41, 5.74) is -1.21. The standard InChI is InChI=1S/C41H53N5O9S/c1-11-26-22-41(26,37(49)45-56(51,52)24(2)3)44-35(47)32-20-28(23-46(32)36(48)34(39(4,5)6)43-38(50)55-40(7,8)9)54-33-21-30(25-15-13-12-14-16-25)42-31-19-27(53-10)17-18-29(31)33/h11-19,21,24,26,28,32,34H,1,20,22-23H2,2-10H3,(H,43,50)(H,44,47)(H,45,49). The van der Waals surface area contributed by atoms with Crippen LogP contribution in [0.1, 0.15) is 68.2 Å². The molecule has 2 aromatic carbocycles. The molecule has 1 saturated carbocycles. The third-order valence-electron chi connectivity index (χ3n) is 9.87. The van der Waals surface area contributed by atoms with E-state index in [1.807, 2.05) is 36.4 Å². The molecule has 0 radical (unpaired) electrons. The minimum absolute atomic E-state index is 0.00224. The number of amides is 4. The molecular weight excluding hydrogens is 739 g/mol. The second-order valence-corrected chi connectivity index (χ2v) is 19.0. The molecule has 1 aliphatic carbocycles. The van der Waals surface area contributed by atoms with Crippen LogP contribution in [0, 0.1) is 11.3 Å². The van der Waals surface area contributed by atoms with Crippen molar-refractivity contribution >= 4 is 44.7 Å². The van der Waals surface area contributed by atoms with Crippen LogP contribution >= 0.6 is 0 Å². The van der Waals surface area contributed by atoms with Gasteiger partial charge in [0.25, 0.3) is 5.91 Å². The van der Waals surface area contributed by atoms with Crippen molar-refractivity contribution in [1.29, 1.82) is 0 Å². The molecule has 15 heteroatoms. The Morgan fingerprint density at radius 3 is 2.27 bits per heavy atom. The maximum atomic E-state index is 14.6. The van der Waals surface area contributed by atoms with E-state index in [9.17, 15) is 27.6 Å². The highest BCUT2D eigenvalue weighted by molar-refractivity contribution is 7.90. The summed E-state index contributed by atoms with van der Waals surface area (Å²) >= 11 is 0. The van der Waals surface area contributed by atoms with Crippen LogP contribution in [0.15, 0.2) is 67.3 Å². The molecule has 2 heterocycles. The summed E-state index contributed by atoms with van der Waals surface area (Å²) in [7, 11) is -2.46. The van der Waals surface area contributed by atoms with Gasteiger partial charge in [0.15, 0.2) is 0 Å². The molecular formula is C41H53N5O9S. The predicted molar refractivity (Wildman–Crippen MR) is 212 cm³/mol. The van der Waals surface area contributed by atoms with Crippen LogP contribution in [0.4, 0.5) is 4.79 Å². The second-order valence-electron chi connectivity index (χ2n) is 16.7. The number of methoxy groups -OCH3 is 1. The number of nitrogens with one attached hydrogen (secondary N) is 3. The Morgan fingerprint density at radius 1 is 1.02 bits per heavy atom. The number of ether oxygens (including phenoxy) is 3. The molecule has 1 aliphatic heterocycles. The van der Waals surface area contributed by atoms with Crippen molar-refractivity contribution in [2.24, 2.45) is 11.3 Å². The number of aromatic nitrogens is 1. The van der Waals surface area contributed by atoms with Gasteiger partial charge in [-0.1, -0.05) is 57.2 Å². The van der Waals surface area contributed by atoms with Crippen molar-refractivity contribution in [2.75, 3.05) is 13.7 Å². The molecule has 2 fully saturated rings. The van der Waals surface area contributed by atoms with Crippen molar-refractivity contribution in [2.45, 2.75) is 103 Å². The number of fused-ring (bicyclic) bond motifs is 1. The van der Waals surface area contributed by atoms with Crippen LogP contribution in [0.5, 0.6) is 11.5 Å². The normalized spacial score (nSPS) is 21.5. The predicted octanol–water partition coefficient (Wildman–Crippen LogP) is 5.11. The van der Waals surface area contributed by atoms with Crippen LogP contribution in [-0.4, -0.2) is 90.3 Å². The van der Waals surface area contributed by atoms with E-state index in [1.165, 1.54) is 24.8 Å². The van der Waals surface area contributed by atoms with Crippen molar-refractivity contribution in [3.63, 3.8) is 0 Å². The van der Waals surface area contributed by atoms with Gasteiger partial charge in [0.2, 0.25) is 21.8 Å². The fourth-order valence-corrected chi connectivity index (χ4v) is 7.30. The number of benzene rings is 2. The Bertz CT molecular complexity index is 2110. The zero-order chi connectivity index (χ0) is 41.4. The average Bonchev–Trinajstić information content (AvgIpc) is 3.67. The topological polar surface area (TPSA) is 182 Å². The molecule has 5 rings (SSSR count). The van der Waals surface area contributed by atoms with Crippen molar-refractivity contribution in [1.82, 2.24) is 25.2 Å². The van der Waals surface area contributed by atoms with E-state index < -0.39 is 79.7 Å². The van der Waals surface area contributed by atoms with Crippen LogP contribution in [0.2, 0.25) is 0 Å². The van der Waals surface area contributed by atoms with Gasteiger partial charge in [0.1, 0.15) is 40.8 Å². The third-order valence-corrected chi connectivity index (χ3v) is 11.6. The maximum Gasteiger partial charge on any atom is 0.408 e. The number of pyridine rings is 1. The first kappa shape index (κ1) is 42.0. The molecule has 3 N–H and O–H groups in total. The minimum atomic E-state index is -4.03. The zero-order valence-corrected chi connectivity index (χ0v) is 34.3. The lowest BCUT2D eigenvalue weighted by molar-refractivity contribution is -0.143. The van der Waals surface area contributed by atoms with Crippen LogP contribution in [0.25, 0.3) is 22.2 Å². The lowest BCUT2D eigenvalue weighted by Crippen LogP contribution is -2.60. The summed E-state index contributed by atoms with van der Waals surface area (Å²) < 4.78 is 45.2. The number of carbonyl (C=O) groups is 4. The molecule has 4 amide bonds.